The molecular formula is C13H24N4O. The van der Waals surface area contributed by atoms with Crippen LogP contribution in [0.4, 0.5) is 0 Å². The molecule has 18 heavy (non-hydrogen) atoms. The van der Waals surface area contributed by atoms with E-state index in [-0.39, 0.29) is 11.6 Å². The summed E-state index contributed by atoms with van der Waals surface area (Å²) in [6.45, 7) is 4.21. The SMILES string of the molecule is COC1(CC(N)Cc2ncnn2C(C)C)CCC1. The lowest BCUT2D eigenvalue weighted by Crippen LogP contribution is -2.45. The van der Waals surface area contributed by atoms with E-state index in [1.807, 2.05) is 4.68 Å². The van der Waals surface area contributed by atoms with Gasteiger partial charge in [-0.05, 0) is 39.5 Å². The summed E-state index contributed by atoms with van der Waals surface area (Å²) in [6, 6.07) is 0.418. The van der Waals surface area contributed by atoms with Crippen LogP contribution in [-0.2, 0) is 11.2 Å². The molecule has 2 N–H and O–H groups in total. The highest BCUT2D eigenvalue weighted by Crippen LogP contribution is 2.38. The minimum absolute atomic E-state index is 0.0299. The van der Waals surface area contributed by atoms with Crippen molar-refractivity contribution in [3.8, 4) is 0 Å². The number of nitrogens with zero attached hydrogens (tertiary/aromatic N) is 3. The first kappa shape index (κ1) is 13.5. The molecule has 1 heterocycles. The van der Waals surface area contributed by atoms with Crippen LogP contribution in [0.25, 0.3) is 0 Å². The van der Waals surface area contributed by atoms with Crippen LogP contribution in [0.5, 0.6) is 0 Å². The number of aromatic nitrogens is 3. The van der Waals surface area contributed by atoms with Crippen LogP contribution in [0.3, 0.4) is 0 Å². The molecule has 102 valence electrons. The van der Waals surface area contributed by atoms with E-state index >= 15 is 0 Å². The molecule has 1 aliphatic rings. The summed E-state index contributed by atoms with van der Waals surface area (Å²) in [5.41, 5.74) is 6.27. The van der Waals surface area contributed by atoms with Crippen molar-refractivity contribution >= 4 is 0 Å². The van der Waals surface area contributed by atoms with Crippen LogP contribution in [0.15, 0.2) is 6.33 Å². The van der Waals surface area contributed by atoms with Crippen molar-refractivity contribution in [2.24, 2.45) is 5.73 Å². The van der Waals surface area contributed by atoms with Gasteiger partial charge in [-0.15, -0.1) is 0 Å². The molecule has 0 saturated heterocycles. The molecule has 1 fully saturated rings. The Bertz CT molecular complexity index is 379. The van der Waals surface area contributed by atoms with E-state index in [4.69, 9.17) is 10.5 Å². The van der Waals surface area contributed by atoms with Crippen LogP contribution in [-0.4, -0.2) is 33.5 Å². The van der Waals surface area contributed by atoms with Crippen molar-refractivity contribution < 1.29 is 4.74 Å². The van der Waals surface area contributed by atoms with Gasteiger partial charge in [0.15, 0.2) is 0 Å². The van der Waals surface area contributed by atoms with Crippen molar-refractivity contribution in [2.45, 2.75) is 63.6 Å². The van der Waals surface area contributed by atoms with E-state index in [1.165, 1.54) is 6.42 Å². The summed E-state index contributed by atoms with van der Waals surface area (Å²) < 4.78 is 7.56. The van der Waals surface area contributed by atoms with Crippen molar-refractivity contribution in [1.29, 1.82) is 0 Å². The Morgan fingerprint density at radius 1 is 1.50 bits per heavy atom. The molecule has 0 bridgehead atoms. The normalized spacial score (nSPS) is 19.8. The number of nitrogens with two attached hydrogens (primary N) is 1. The highest BCUT2D eigenvalue weighted by molar-refractivity contribution is 4.97. The molecule has 1 atom stereocenters. The molecule has 0 spiro atoms. The summed E-state index contributed by atoms with van der Waals surface area (Å²) in [7, 11) is 1.79. The lowest BCUT2D eigenvalue weighted by Gasteiger charge is -2.42. The minimum atomic E-state index is 0.0299. The first-order valence-corrected chi connectivity index (χ1v) is 6.75. The van der Waals surface area contributed by atoms with E-state index in [1.54, 1.807) is 13.4 Å². The Labute approximate surface area is 109 Å². The van der Waals surface area contributed by atoms with E-state index in [0.717, 1.165) is 31.5 Å². The highest BCUT2D eigenvalue weighted by Gasteiger charge is 2.38. The lowest BCUT2D eigenvalue weighted by atomic mass is 9.75. The van der Waals surface area contributed by atoms with E-state index < -0.39 is 0 Å². The first-order chi connectivity index (χ1) is 8.56. The lowest BCUT2D eigenvalue weighted by molar-refractivity contribution is -0.0814. The Morgan fingerprint density at radius 3 is 2.72 bits per heavy atom. The summed E-state index contributed by atoms with van der Waals surface area (Å²) in [6.07, 6.45) is 6.81. The van der Waals surface area contributed by atoms with Crippen molar-refractivity contribution in [3.05, 3.63) is 12.2 Å². The van der Waals surface area contributed by atoms with Gasteiger partial charge in [0.2, 0.25) is 0 Å². The molecule has 0 aliphatic heterocycles. The van der Waals surface area contributed by atoms with Gasteiger partial charge in [0.25, 0.3) is 0 Å². The fourth-order valence-corrected chi connectivity index (χ4v) is 2.70. The summed E-state index contributed by atoms with van der Waals surface area (Å²) >= 11 is 0. The average Bonchev–Trinajstić information content (AvgIpc) is 2.71. The first-order valence-electron chi connectivity index (χ1n) is 6.75. The topological polar surface area (TPSA) is 66.0 Å². The molecule has 0 amide bonds. The van der Waals surface area contributed by atoms with Crippen molar-refractivity contribution in [1.82, 2.24) is 14.8 Å². The molecule has 2 rings (SSSR count). The molecule has 1 aromatic heterocycles. The molecule has 0 aromatic carbocycles. The standard InChI is InChI=1S/C13H24N4O/c1-10(2)17-12(15-9-16-17)7-11(14)8-13(18-3)5-4-6-13/h9-11H,4-8,14H2,1-3H3. The quantitative estimate of drug-likeness (QED) is 0.836. The molecule has 5 nitrogen and oxygen atoms in total. The Kier molecular flexibility index (Phi) is 4.02. The van der Waals surface area contributed by atoms with Gasteiger partial charge in [0, 0.05) is 25.6 Å². The fourth-order valence-electron chi connectivity index (χ4n) is 2.70. The van der Waals surface area contributed by atoms with Crippen LogP contribution in [0.1, 0.15) is 51.4 Å². The van der Waals surface area contributed by atoms with Gasteiger partial charge < -0.3 is 10.5 Å². The molecule has 1 saturated carbocycles. The van der Waals surface area contributed by atoms with Crippen LogP contribution >= 0.6 is 0 Å². The molecule has 0 radical (unpaired) electrons. The molecule has 1 aromatic rings. The highest BCUT2D eigenvalue weighted by atomic mass is 16.5. The van der Waals surface area contributed by atoms with Crippen molar-refractivity contribution in [3.63, 3.8) is 0 Å². The molecular weight excluding hydrogens is 228 g/mol. The van der Waals surface area contributed by atoms with E-state index in [0.29, 0.717) is 6.04 Å². The van der Waals surface area contributed by atoms with Gasteiger partial charge in [0.05, 0.1) is 5.60 Å². The maximum Gasteiger partial charge on any atom is 0.138 e. The predicted octanol–water partition coefficient (Wildman–Crippen LogP) is 1.69. The smallest absolute Gasteiger partial charge is 0.138 e. The molecule has 5 heteroatoms. The average molecular weight is 252 g/mol. The van der Waals surface area contributed by atoms with Crippen LogP contribution in [0.2, 0.25) is 0 Å². The van der Waals surface area contributed by atoms with Crippen LogP contribution in [0, 0.1) is 0 Å². The van der Waals surface area contributed by atoms with Gasteiger partial charge in [-0.3, -0.25) is 0 Å². The van der Waals surface area contributed by atoms with Gasteiger partial charge in [-0.25, -0.2) is 9.67 Å². The second-order valence-electron chi connectivity index (χ2n) is 5.62. The largest absolute Gasteiger partial charge is 0.378 e. The number of rotatable bonds is 6. The molecule has 1 unspecified atom stereocenters. The zero-order valence-electron chi connectivity index (χ0n) is 11.6. The second kappa shape index (κ2) is 5.36. The third-order valence-corrected chi connectivity index (χ3v) is 3.91. The Balaban J connectivity index is 1.94. The second-order valence-corrected chi connectivity index (χ2v) is 5.62. The fraction of sp³-hybridized carbons (Fsp3) is 0.846. The van der Waals surface area contributed by atoms with Crippen molar-refractivity contribution in [2.75, 3.05) is 7.11 Å². The maximum absolute atomic E-state index is 6.24. The number of ether oxygens (including phenoxy) is 1. The van der Waals surface area contributed by atoms with E-state index in [9.17, 15) is 0 Å². The number of hydrogen-bond donors (Lipinski definition) is 1. The maximum atomic E-state index is 6.24. The van der Waals surface area contributed by atoms with Gasteiger partial charge in [-0.1, -0.05) is 0 Å². The third kappa shape index (κ3) is 2.72. The summed E-state index contributed by atoms with van der Waals surface area (Å²) in [5, 5.41) is 4.24. The summed E-state index contributed by atoms with van der Waals surface area (Å²) in [4.78, 5) is 4.31. The number of methoxy groups -OCH3 is 1. The Hall–Kier alpha value is -0.940. The zero-order chi connectivity index (χ0) is 13.2. The van der Waals surface area contributed by atoms with E-state index in [2.05, 4.69) is 23.9 Å². The van der Waals surface area contributed by atoms with Gasteiger partial charge >= 0.3 is 0 Å². The predicted molar refractivity (Wildman–Crippen MR) is 70.3 cm³/mol. The van der Waals surface area contributed by atoms with Gasteiger partial charge in [-0.2, -0.15) is 5.10 Å². The zero-order valence-corrected chi connectivity index (χ0v) is 11.6. The monoisotopic (exact) mass is 252 g/mol. The summed E-state index contributed by atoms with van der Waals surface area (Å²) in [5.74, 6) is 0.975. The van der Waals surface area contributed by atoms with Gasteiger partial charge in [0.1, 0.15) is 12.2 Å². The Morgan fingerprint density at radius 2 is 2.22 bits per heavy atom. The number of hydrogen-bond acceptors (Lipinski definition) is 4. The minimum Gasteiger partial charge on any atom is -0.378 e. The van der Waals surface area contributed by atoms with Crippen LogP contribution < -0.4 is 5.73 Å². The third-order valence-electron chi connectivity index (χ3n) is 3.91. The molecule has 1 aliphatic carbocycles.